The number of ether oxygens (including phenoxy) is 2. The lowest BCUT2D eigenvalue weighted by atomic mass is 10.1. The number of anilines is 1. The molecule has 2 rings (SSSR count). The molecule has 0 aliphatic heterocycles. The van der Waals surface area contributed by atoms with E-state index >= 15 is 0 Å². The Hall–Kier alpha value is -3.56. The Bertz CT molecular complexity index is 936. The number of carbonyl (C=O) groups is 2. The highest BCUT2D eigenvalue weighted by atomic mass is 19.4. The van der Waals surface area contributed by atoms with E-state index in [1.807, 2.05) is 0 Å². The number of hydrogen-bond donors (Lipinski definition) is 2. The zero-order chi connectivity index (χ0) is 22.3. The van der Waals surface area contributed by atoms with Crippen LogP contribution in [0.2, 0.25) is 0 Å². The molecule has 0 heterocycles. The predicted molar refractivity (Wildman–Crippen MR) is 105 cm³/mol. The maximum atomic E-state index is 13.0. The number of amides is 2. The molecular formula is C20H20F3N3O4. The van der Waals surface area contributed by atoms with Crippen LogP contribution in [0.4, 0.5) is 18.9 Å². The summed E-state index contributed by atoms with van der Waals surface area (Å²) < 4.78 is 49.2. The number of alkyl halides is 3. The van der Waals surface area contributed by atoms with Crippen LogP contribution in [-0.4, -0.2) is 31.7 Å². The summed E-state index contributed by atoms with van der Waals surface area (Å²) in [6.45, 7) is 1.46. The van der Waals surface area contributed by atoms with E-state index in [2.05, 4.69) is 15.8 Å². The lowest BCUT2D eigenvalue weighted by Crippen LogP contribution is -2.22. The van der Waals surface area contributed by atoms with Crippen LogP contribution in [0, 0.1) is 0 Å². The minimum atomic E-state index is -4.60. The van der Waals surface area contributed by atoms with Gasteiger partial charge in [0.25, 0.3) is 5.91 Å². The van der Waals surface area contributed by atoms with Gasteiger partial charge in [-0.3, -0.25) is 9.59 Å². The van der Waals surface area contributed by atoms with Gasteiger partial charge in [-0.25, -0.2) is 5.43 Å². The van der Waals surface area contributed by atoms with E-state index in [1.54, 1.807) is 6.07 Å². The van der Waals surface area contributed by atoms with Crippen molar-refractivity contribution in [3.8, 4) is 11.5 Å². The average molecular weight is 423 g/mol. The van der Waals surface area contributed by atoms with E-state index in [0.29, 0.717) is 11.5 Å². The van der Waals surface area contributed by atoms with Gasteiger partial charge in [0.05, 0.1) is 31.9 Å². The molecule has 0 spiro atoms. The number of hydrazone groups is 1. The molecule has 30 heavy (non-hydrogen) atoms. The SMILES string of the molecule is COc1cc(OC)cc(C(=O)NN=C(C)CC(=O)Nc2ccccc2C(F)(F)F)c1. The van der Waals surface area contributed by atoms with E-state index in [4.69, 9.17) is 9.47 Å². The first-order valence-electron chi connectivity index (χ1n) is 8.66. The minimum Gasteiger partial charge on any atom is -0.497 e. The van der Waals surface area contributed by atoms with Crippen molar-refractivity contribution in [2.24, 2.45) is 5.10 Å². The number of halogens is 3. The topological polar surface area (TPSA) is 89.0 Å². The third kappa shape index (κ3) is 6.23. The summed E-state index contributed by atoms with van der Waals surface area (Å²) in [5.41, 5.74) is 1.39. The summed E-state index contributed by atoms with van der Waals surface area (Å²) in [4.78, 5) is 24.3. The van der Waals surface area contributed by atoms with Crippen molar-refractivity contribution >= 4 is 23.2 Å². The second-order valence-corrected chi connectivity index (χ2v) is 6.16. The van der Waals surface area contributed by atoms with Crippen molar-refractivity contribution in [2.75, 3.05) is 19.5 Å². The molecule has 2 aromatic rings. The number of rotatable bonds is 7. The Labute approximate surface area is 170 Å². The van der Waals surface area contributed by atoms with Gasteiger partial charge in [-0.05, 0) is 31.2 Å². The normalized spacial score (nSPS) is 11.6. The average Bonchev–Trinajstić information content (AvgIpc) is 2.71. The Morgan fingerprint density at radius 3 is 2.20 bits per heavy atom. The Balaban J connectivity index is 2.02. The predicted octanol–water partition coefficient (Wildman–Crippen LogP) is 3.86. The zero-order valence-electron chi connectivity index (χ0n) is 16.5. The molecule has 0 saturated carbocycles. The van der Waals surface area contributed by atoms with Gasteiger partial charge in [-0.15, -0.1) is 0 Å². The second kappa shape index (κ2) is 9.77. The molecule has 2 N–H and O–H groups in total. The molecule has 2 aromatic carbocycles. The van der Waals surface area contributed by atoms with Gasteiger partial charge in [0.2, 0.25) is 5.91 Å². The highest BCUT2D eigenvalue weighted by molar-refractivity contribution is 6.06. The smallest absolute Gasteiger partial charge is 0.418 e. The molecule has 0 aliphatic rings. The zero-order valence-corrected chi connectivity index (χ0v) is 16.5. The molecule has 0 unspecified atom stereocenters. The van der Waals surface area contributed by atoms with Crippen LogP contribution in [0.5, 0.6) is 11.5 Å². The third-order valence-electron chi connectivity index (χ3n) is 3.88. The van der Waals surface area contributed by atoms with Gasteiger partial charge >= 0.3 is 6.18 Å². The van der Waals surface area contributed by atoms with E-state index in [-0.39, 0.29) is 23.4 Å². The number of para-hydroxylation sites is 1. The number of carbonyl (C=O) groups excluding carboxylic acids is 2. The van der Waals surface area contributed by atoms with Gasteiger partial charge in [0, 0.05) is 17.3 Å². The molecule has 2 amide bonds. The van der Waals surface area contributed by atoms with E-state index in [0.717, 1.165) is 12.1 Å². The van der Waals surface area contributed by atoms with E-state index < -0.39 is 23.6 Å². The fraction of sp³-hybridized carbons (Fsp3) is 0.250. The van der Waals surface area contributed by atoms with Crippen molar-refractivity contribution in [3.05, 3.63) is 53.6 Å². The molecule has 0 bridgehead atoms. The summed E-state index contributed by atoms with van der Waals surface area (Å²) in [6.07, 6.45) is -4.91. The van der Waals surface area contributed by atoms with Gasteiger partial charge in [-0.2, -0.15) is 18.3 Å². The molecular weight excluding hydrogens is 403 g/mol. The highest BCUT2D eigenvalue weighted by Gasteiger charge is 2.33. The van der Waals surface area contributed by atoms with Crippen molar-refractivity contribution < 1.29 is 32.2 Å². The maximum Gasteiger partial charge on any atom is 0.418 e. The summed E-state index contributed by atoms with van der Waals surface area (Å²) in [5, 5.41) is 6.03. The quantitative estimate of drug-likeness (QED) is 0.523. The molecule has 0 aliphatic carbocycles. The van der Waals surface area contributed by atoms with E-state index in [9.17, 15) is 22.8 Å². The first-order chi connectivity index (χ1) is 14.1. The van der Waals surface area contributed by atoms with Crippen LogP contribution in [-0.2, 0) is 11.0 Å². The number of nitrogens with zero attached hydrogens (tertiary/aromatic N) is 1. The maximum absolute atomic E-state index is 13.0. The lowest BCUT2D eigenvalue weighted by molar-refractivity contribution is -0.137. The monoisotopic (exact) mass is 423 g/mol. The summed E-state index contributed by atoms with van der Waals surface area (Å²) in [6, 6.07) is 9.19. The van der Waals surface area contributed by atoms with Crippen LogP contribution < -0.4 is 20.2 Å². The number of hydrogen-bond acceptors (Lipinski definition) is 5. The standard InChI is InChI=1S/C20H20F3N3O4/c1-12(8-18(27)24-17-7-5-4-6-16(17)20(21,22)23)25-26-19(28)13-9-14(29-2)11-15(10-13)30-3/h4-7,9-11H,8H2,1-3H3,(H,24,27)(H,26,28). The Kier molecular flexibility index (Phi) is 7.40. The summed E-state index contributed by atoms with van der Waals surface area (Å²) in [7, 11) is 2.88. The largest absolute Gasteiger partial charge is 0.497 e. The van der Waals surface area contributed by atoms with Crippen molar-refractivity contribution in [1.82, 2.24) is 5.43 Å². The molecule has 0 saturated heterocycles. The first kappa shape index (κ1) is 22.7. The number of nitrogens with one attached hydrogen (secondary N) is 2. The van der Waals surface area contributed by atoms with Gasteiger partial charge in [-0.1, -0.05) is 12.1 Å². The van der Waals surface area contributed by atoms with Crippen molar-refractivity contribution in [2.45, 2.75) is 19.5 Å². The summed E-state index contributed by atoms with van der Waals surface area (Å²) >= 11 is 0. The number of methoxy groups -OCH3 is 2. The Morgan fingerprint density at radius 2 is 1.63 bits per heavy atom. The fourth-order valence-electron chi connectivity index (χ4n) is 2.45. The molecule has 0 fully saturated rings. The van der Waals surface area contributed by atoms with Crippen LogP contribution in [0.15, 0.2) is 47.6 Å². The van der Waals surface area contributed by atoms with Gasteiger partial charge < -0.3 is 14.8 Å². The van der Waals surface area contributed by atoms with Crippen LogP contribution in [0.3, 0.4) is 0 Å². The van der Waals surface area contributed by atoms with E-state index in [1.165, 1.54) is 45.4 Å². The molecule has 0 radical (unpaired) electrons. The number of benzene rings is 2. The molecule has 0 atom stereocenters. The third-order valence-corrected chi connectivity index (χ3v) is 3.88. The van der Waals surface area contributed by atoms with Crippen LogP contribution in [0.25, 0.3) is 0 Å². The van der Waals surface area contributed by atoms with Gasteiger partial charge in [0.1, 0.15) is 11.5 Å². The van der Waals surface area contributed by atoms with Crippen LogP contribution >= 0.6 is 0 Å². The van der Waals surface area contributed by atoms with Crippen molar-refractivity contribution in [3.63, 3.8) is 0 Å². The molecule has 0 aromatic heterocycles. The molecule has 7 nitrogen and oxygen atoms in total. The lowest BCUT2D eigenvalue weighted by Gasteiger charge is -2.13. The highest BCUT2D eigenvalue weighted by Crippen LogP contribution is 2.34. The first-order valence-corrected chi connectivity index (χ1v) is 8.66. The van der Waals surface area contributed by atoms with Crippen molar-refractivity contribution in [1.29, 1.82) is 0 Å². The molecule has 10 heteroatoms. The van der Waals surface area contributed by atoms with Crippen LogP contribution in [0.1, 0.15) is 29.3 Å². The minimum absolute atomic E-state index is 0.195. The Morgan fingerprint density at radius 1 is 1.03 bits per heavy atom. The second-order valence-electron chi connectivity index (χ2n) is 6.16. The molecule has 160 valence electrons. The fourth-order valence-corrected chi connectivity index (χ4v) is 2.45. The summed E-state index contributed by atoms with van der Waals surface area (Å²) in [5.74, 6) is -0.467. The van der Waals surface area contributed by atoms with Gasteiger partial charge in [0.15, 0.2) is 0 Å².